The Bertz CT molecular complexity index is 420. The molecule has 2 nitrogen and oxygen atoms in total. The second kappa shape index (κ2) is 3.90. The summed E-state index contributed by atoms with van der Waals surface area (Å²) in [5.74, 6) is 0.269. The number of rotatable bonds is 1. The molecule has 0 bridgehead atoms. The van der Waals surface area contributed by atoms with Gasteiger partial charge in [-0.25, -0.2) is 4.39 Å². The van der Waals surface area contributed by atoms with Crippen molar-refractivity contribution in [3.63, 3.8) is 0 Å². The molecule has 1 atom stereocenters. The van der Waals surface area contributed by atoms with E-state index in [9.17, 15) is 4.39 Å². The van der Waals surface area contributed by atoms with E-state index in [0.29, 0.717) is 10.8 Å². The Kier molecular flexibility index (Phi) is 2.84. The van der Waals surface area contributed by atoms with Gasteiger partial charge in [-0.15, -0.1) is 0 Å². The minimum atomic E-state index is -0.327. The lowest BCUT2D eigenvalue weighted by molar-refractivity contribution is 0.0674. The molecule has 0 amide bonds. The molecule has 16 heavy (non-hydrogen) atoms. The molecule has 1 aromatic rings. The van der Waals surface area contributed by atoms with Crippen molar-refractivity contribution in [1.29, 1.82) is 0 Å². The maximum atomic E-state index is 13.3. The molecule has 1 aliphatic rings. The van der Waals surface area contributed by atoms with Crippen LogP contribution in [0.2, 0.25) is 5.02 Å². The molecular weight excluding hydrogens is 229 g/mol. The van der Waals surface area contributed by atoms with Gasteiger partial charge in [0.1, 0.15) is 17.2 Å². The fraction of sp³-hybridized carbons (Fsp3) is 0.500. The van der Waals surface area contributed by atoms with Crippen molar-refractivity contribution in [3.8, 4) is 5.75 Å². The van der Waals surface area contributed by atoms with Crippen LogP contribution >= 0.6 is 11.6 Å². The lowest BCUT2D eigenvalue weighted by Crippen LogP contribution is -2.38. The highest BCUT2D eigenvalue weighted by atomic mass is 35.5. The van der Waals surface area contributed by atoms with E-state index >= 15 is 0 Å². The van der Waals surface area contributed by atoms with Gasteiger partial charge in [0.2, 0.25) is 0 Å². The number of ether oxygens (including phenoxy) is 1. The third-order valence-electron chi connectivity index (χ3n) is 2.84. The standard InChI is InChI=1S/C12H15ClFNO/c1-12(2)6-10(15-3)8-4-7(14)5-9(13)11(8)16-12/h4-5,10,15H,6H2,1-3H3. The van der Waals surface area contributed by atoms with E-state index < -0.39 is 0 Å². The van der Waals surface area contributed by atoms with Gasteiger partial charge in [0.25, 0.3) is 0 Å². The highest BCUT2D eigenvalue weighted by Gasteiger charge is 2.34. The second-order valence-electron chi connectivity index (χ2n) is 4.71. The second-order valence-corrected chi connectivity index (χ2v) is 5.12. The molecule has 0 spiro atoms. The number of hydrogen-bond acceptors (Lipinski definition) is 2. The quantitative estimate of drug-likeness (QED) is 0.817. The molecule has 1 unspecified atom stereocenters. The Morgan fingerprint density at radius 1 is 1.50 bits per heavy atom. The van der Waals surface area contributed by atoms with Crippen LogP contribution in [-0.4, -0.2) is 12.6 Å². The van der Waals surface area contributed by atoms with Crippen LogP contribution < -0.4 is 10.1 Å². The summed E-state index contributed by atoms with van der Waals surface area (Å²) >= 11 is 6.00. The Hall–Kier alpha value is -0.800. The number of hydrogen-bond donors (Lipinski definition) is 1. The zero-order valence-corrected chi connectivity index (χ0v) is 10.4. The van der Waals surface area contributed by atoms with Gasteiger partial charge in [0, 0.05) is 18.0 Å². The minimum absolute atomic E-state index is 0.0759. The van der Waals surface area contributed by atoms with Crippen molar-refractivity contribution < 1.29 is 9.13 Å². The van der Waals surface area contributed by atoms with Gasteiger partial charge >= 0.3 is 0 Å². The molecule has 1 heterocycles. The van der Waals surface area contributed by atoms with Crippen LogP contribution in [-0.2, 0) is 0 Å². The van der Waals surface area contributed by atoms with E-state index in [4.69, 9.17) is 16.3 Å². The highest BCUT2D eigenvalue weighted by molar-refractivity contribution is 6.32. The molecule has 0 fully saturated rings. The largest absolute Gasteiger partial charge is 0.486 e. The number of nitrogens with one attached hydrogen (secondary N) is 1. The first kappa shape index (κ1) is 11.7. The lowest BCUT2D eigenvalue weighted by Gasteiger charge is -2.38. The van der Waals surface area contributed by atoms with Crippen molar-refractivity contribution in [1.82, 2.24) is 5.32 Å². The molecule has 1 aromatic carbocycles. The number of fused-ring (bicyclic) bond motifs is 1. The fourth-order valence-electron chi connectivity index (χ4n) is 2.12. The van der Waals surface area contributed by atoms with E-state index in [1.807, 2.05) is 20.9 Å². The lowest BCUT2D eigenvalue weighted by atomic mass is 9.90. The maximum Gasteiger partial charge on any atom is 0.143 e. The van der Waals surface area contributed by atoms with Crippen LogP contribution in [0.5, 0.6) is 5.75 Å². The smallest absolute Gasteiger partial charge is 0.143 e. The van der Waals surface area contributed by atoms with Crippen LogP contribution in [0.25, 0.3) is 0 Å². The molecular formula is C12H15ClFNO. The molecule has 0 radical (unpaired) electrons. The van der Waals surface area contributed by atoms with Crippen LogP contribution in [0.3, 0.4) is 0 Å². The maximum absolute atomic E-state index is 13.3. The van der Waals surface area contributed by atoms with Crippen molar-refractivity contribution in [2.75, 3.05) is 7.05 Å². The summed E-state index contributed by atoms with van der Waals surface area (Å²) in [5, 5.41) is 3.50. The molecule has 0 saturated heterocycles. The summed E-state index contributed by atoms with van der Waals surface area (Å²) in [6.45, 7) is 4.00. The average molecular weight is 244 g/mol. The highest BCUT2D eigenvalue weighted by Crippen LogP contribution is 2.43. The summed E-state index contributed by atoms with van der Waals surface area (Å²) in [5.41, 5.74) is 0.508. The monoisotopic (exact) mass is 243 g/mol. The van der Waals surface area contributed by atoms with Gasteiger partial charge in [0.15, 0.2) is 0 Å². The third kappa shape index (κ3) is 2.02. The molecule has 2 rings (SSSR count). The zero-order chi connectivity index (χ0) is 11.9. The van der Waals surface area contributed by atoms with Crippen LogP contribution in [0.4, 0.5) is 4.39 Å². The summed E-state index contributed by atoms with van der Waals surface area (Å²) in [6, 6.07) is 2.85. The third-order valence-corrected chi connectivity index (χ3v) is 3.12. The molecule has 88 valence electrons. The summed E-state index contributed by atoms with van der Waals surface area (Å²) in [6.07, 6.45) is 0.788. The molecule has 0 saturated carbocycles. The topological polar surface area (TPSA) is 21.3 Å². The Labute approximate surface area is 99.7 Å². The Morgan fingerprint density at radius 2 is 2.19 bits per heavy atom. The van der Waals surface area contributed by atoms with Gasteiger partial charge in [-0.1, -0.05) is 11.6 Å². The molecule has 0 aliphatic carbocycles. The summed E-state index contributed by atoms with van der Waals surface area (Å²) in [4.78, 5) is 0. The van der Waals surface area contributed by atoms with E-state index in [2.05, 4.69) is 5.32 Å². The molecule has 4 heteroatoms. The Balaban J connectivity index is 2.54. The van der Waals surface area contributed by atoms with E-state index in [0.717, 1.165) is 12.0 Å². The SMILES string of the molecule is CNC1CC(C)(C)Oc2c(Cl)cc(F)cc21. The first-order valence-corrected chi connectivity index (χ1v) is 5.66. The van der Waals surface area contributed by atoms with Gasteiger partial charge in [-0.3, -0.25) is 0 Å². The summed E-state index contributed by atoms with van der Waals surface area (Å²) < 4.78 is 19.1. The predicted molar refractivity (Wildman–Crippen MR) is 62.5 cm³/mol. The van der Waals surface area contributed by atoms with E-state index in [1.165, 1.54) is 12.1 Å². The number of benzene rings is 1. The van der Waals surface area contributed by atoms with E-state index in [-0.39, 0.29) is 17.5 Å². The van der Waals surface area contributed by atoms with Crippen molar-refractivity contribution in [3.05, 3.63) is 28.5 Å². The Morgan fingerprint density at radius 3 is 2.81 bits per heavy atom. The first-order valence-electron chi connectivity index (χ1n) is 5.28. The van der Waals surface area contributed by atoms with Crippen LogP contribution in [0.1, 0.15) is 31.9 Å². The molecule has 1 N–H and O–H groups in total. The fourth-order valence-corrected chi connectivity index (χ4v) is 2.38. The zero-order valence-electron chi connectivity index (χ0n) is 9.60. The van der Waals surface area contributed by atoms with Gasteiger partial charge in [0.05, 0.1) is 5.02 Å². The van der Waals surface area contributed by atoms with E-state index in [1.54, 1.807) is 0 Å². The van der Waals surface area contributed by atoms with Crippen LogP contribution in [0.15, 0.2) is 12.1 Å². The minimum Gasteiger partial charge on any atom is -0.486 e. The summed E-state index contributed by atoms with van der Waals surface area (Å²) in [7, 11) is 1.86. The number of halogens is 2. The molecule has 1 aliphatic heterocycles. The van der Waals surface area contributed by atoms with Crippen LogP contribution in [0, 0.1) is 5.82 Å². The van der Waals surface area contributed by atoms with Gasteiger partial charge in [-0.2, -0.15) is 0 Å². The predicted octanol–water partition coefficient (Wildman–Crippen LogP) is 3.30. The van der Waals surface area contributed by atoms with Gasteiger partial charge < -0.3 is 10.1 Å². The van der Waals surface area contributed by atoms with Crippen molar-refractivity contribution in [2.45, 2.75) is 31.9 Å². The van der Waals surface area contributed by atoms with Crippen molar-refractivity contribution >= 4 is 11.6 Å². The normalized spacial score (nSPS) is 22.4. The van der Waals surface area contributed by atoms with Crippen molar-refractivity contribution in [2.24, 2.45) is 0 Å². The molecule has 0 aromatic heterocycles. The van der Waals surface area contributed by atoms with Gasteiger partial charge in [-0.05, 0) is 33.0 Å². The average Bonchev–Trinajstić information content (AvgIpc) is 2.18. The first-order chi connectivity index (χ1) is 7.43.